The highest BCUT2D eigenvalue weighted by molar-refractivity contribution is 7.89. The van der Waals surface area contributed by atoms with Gasteiger partial charge in [-0.25, -0.2) is 12.8 Å². The van der Waals surface area contributed by atoms with Crippen molar-refractivity contribution < 1.29 is 22.3 Å². The van der Waals surface area contributed by atoms with Gasteiger partial charge in [0.2, 0.25) is 15.9 Å². The number of nitrogens with one attached hydrogen (secondary N) is 1. The maximum atomic E-state index is 13.5. The molecule has 6 nitrogen and oxygen atoms in total. The van der Waals surface area contributed by atoms with Crippen molar-refractivity contribution >= 4 is 15.9 Å². The van der Waals surface area contributed by atoms with Crippen LogP contribution in [0.2, 0.25) is 0 Å². The van der Waals surface area contributed by atoms with Crippen LogP contribution in [0.4, 0.5) is 4.39 Å². The summed E-state index contributed by atoms with van der Waals surface area (Å²) in [6, 6.07) is 3.55. The number of carbonyl (C=O) groups excluding carboxylic acids is 1. The average Bonchev–Trinajstić information content (AvgIpc) is 2.62. The average molecular weight is 386 g/mol. The monoisotopic (exact) mass is 386 g/mol. The van der Waals surface area contributed by atoms with Crippen molar-refractivity contribution in [1.82, 2.24) is 9.62 Å². The number of hydrogen-bond acceptors (Lipinski definition) is 4. The molecule has 1 heterocycles. The predicted molar refractivity (Wildman–Crippen MR) is 96.9 cm³/mol. The molecular weight excluding hydrogens is 359 g/mol. The molecule has 0 aromatic heterocycles. The number of halogens is 1. The fraction of sp³-hybridized carbons (Fsp3) is 0.611. The van der Waals surface area contributed by atoms with E-state index in [1.807, 2.05) is 6.92 Å². The molecule has 8 heteroatoms. The first-order chi connectivity index (χ1) is 12.3. The number of amides is 1. The van der Waals surface area contributed by atoms with Crippen LogP contribution in [0.5, 0.6) is 5.75 Å². The van der Waals surface area contributed by atoms with Gasteiger partial charge >= 0.3 is 0 Å². The first-order valence-electron chi connectivity index (χ1n) is 8.93. The van der Waals surface area contributed by atoms with E-state index >= 15 is 0 Å². The van der Waals surface area contributed by atoms with Gasteiger partial charge in [-0.3, -0.25) is 4.79 Å². The van der Waals surface area contributed by atoms with Crippen LogP contribution in [0.25, 0.3) is 0 Å². The zero-order chi connectivity index (χ0) is 19.3. The van der Waals surface area contributed by atoms with Crippen LogP contribution in [-0.2, 0) is 14.8 Å². The van der Waals surface area contributed by atoms with E-state index in [1.54, 1.807) is 0 Å². The van der Waals surface area contributed by atoms with E-state index in [9.17, 15) is 17.6 Å². The first-order valence-corrected chi connectivity index (χ1v) is 10.4. The molecule has 0 radical (unpaired) electrons. The van der Waals surface area contributed by atoms with Crippen molar-refractivity contribution in [3.8, 4) is 5.75 Å². The molecule has 1 aliphatic rings. The van der Waals surface area contributed by atoms with Crippen molar-refractivity contribution in [2.24, 2.45) is 5.92 Å². The van der Waals surface area contributed by atoms with Crippen molar-refractivity contribution in [3.63, 3.8) is 0 Å². The third-order valence-electron chi connectivity index (χ3n) is 4.68. The van der Waals surface area contributed by atoms with E-state index in [4.69, 9.17) is 4.74 Å². The maximum Gasteiger partial charge on any atom is 0.246 e. The highest BCUT2D eigenvalue weighted by Gasteiger charge is 2.34. The second kappa shape index (κ2) is 8.81. The lowest BCUT2D eigenvalue weighted by molar-refractivity contribution is -0.126. The molecule has 26 heavy (non-hydrogen) atoms. The first kappa shape index (κ1) is 20.6. The molecule has 1 aromatic rings. The summed E-state index contributed by atoms with van der Waals surface area (Å²) in [7, 11) is -2.52. The van der Waals surface area contributed by atoms with Gasteiger partial charge in [-0.15, -0.1) is 0 Å². The number of methoxy groups -OCH3 is 1. The molecule has 1 aliphatic heterocycles. The number of piperidine rings is 1. The topological polar surface area (TPSA) is 75.7 Å². The van der Waals surface area contributed by atoms with Crippen LogP contribution in [0.1, 0.15) is 39.5 Å². The molecule has 2 rings (SSSR count). The Hall–Kier alpha value is -1.67. The molecule has 1 saturated heterocycles. The molecule has 0 bridgehead atoms. The third kappa shape index (κ3) is 4.73. The molecular formula is C18H27FN2O4S. The summed E-state index contributed by atoms with van der Waals surface area (Å²) in [4.78, 5) is 12.1. The maximum absolute atomic E-state index is 13.5. The number of benzene rings is 1. The third-order valence-corrected chi connectivity index (χ3v) is 6.60. The summed E-state index contributed by atoms with van der Waals surface area (Å²) in [6.45, 7) is 4.48. The Bertz CT molecular complexity index is 731. The summed E-state index contributed by atoms with van der Waals surface area (Å²) < 4.78 is 45.6. The molecule has 146 valence electrons. The van der Waals surface area contributed by atoms with Crippen LogP contribution in [0.15, 0.2) is 23.1 Å². The molecule has 0 saturated carbocycles. The molecule has 0 spiro atoms. The van der Waals surface area contributed by atoms with Crippen LogP contribution >= 0.6 is 0 Å². The Balaban J connectivity index is 2.05. The van der Waals surface area contributed by atoms with Gasteiger partial charge in [0.25, 0.3) is 0 Å². The van der Waals surface area contributed by atoms with Crippen molar-refractivity contribution in [1.29, 1.82) is 0 Å². The smallest absolute Gasteiger partial charge is 0.246 e. The fourth-order valence-electron chi connectivity index (χ4n) is 3.22. The Labute approximate surface area is 154 Å². The minimum atomic E-state index is -3.87. The molecule has 0 unspecified atom stereocenters. The van der Waals surface area contributed by atoms with Crippen molar-refractivity contribution in [2.45, 2.75) is 50.5 Å². The second-order valence-electron chi connectivity index (χ2n) is 6.67. The lowest BCUT2D eigenvalue weighted by Crippen LogP contribution is -2.44. The minimum Gasteiger partial charge on any atom is -0.495 e. The number of carbonyl (C=O) groups is 1. The summed E-state index contributed by atoms with van der Waals surface area (Å²) in [6.07, 6.45) is 2.80. The molecule has 1 atom stereocenters. The van der Waals surface area contributed by atoms with Gasteiger partial charge in [0.05, 0.1) is 7.11 Å². The van der Waals surface area contributed by atoms with E-state index in [2.05, 4.69) is 12.2 Å². The van der Waals surface area contributed by atoms with Gasteiger partial charge in [-0.2, -0.15) is 4.31 Å². The van der Waals surface area contributed by atoms with Crippen LogP contribution < -0.4 is 10.1 Å². The van der Waals surface area contributed by atoms with Gasteiger partial charge in [0.15, 0.2) is 0 Å². The van der Waals surface area contributed by atoms with Crippen LogP contribution in [0, 0.1) is 11.7 Å². The number of sulfonamides is 1. The largest absolute Gasteiger partial charge is 0.495 e. The second-order valence-corrected chi connectivity index (χ2v) is 8.58. The normalized spacial score (nSPS) is 17.7. The zero-order valence-corrected chi connectivity index (χ0v) is 16.3. The Kier molecular flexibility index (Phi) is 7.00. The van der Waals surface area contributed by atoms with E-state index in [0.29, 0.717) is 12.8 Å². The SMILES string of the molecule is CCC[C@@H](C)NC(=O)C1CCN(S(=O)(=O)c2cc(F)ccc2OC)CC1. The van der Waals surface area contributed by atoms with E-state index in [-0.39, 0.29) is 41.6 Å². The Morgan fingerprint density at radius 1 is 1.38 bits per heavy atom. The molecule has 1 aromatic carbocycles. The number of hydrogen-bond donors (Lipinski definition) is 1. The molecule has 0 aliphatic carbocycles. The van der Waals surface area contributed by atoms with Gasteiger partial charge in [0.1, 0.15) is 16.5 Å². The highest BCUT2D eigenvalue weighted by atomic mass is 32.2. The van der Waals surface area contributed by atoms with Gasteiger partial charge in [-0.05, 0) is 44.4 Å². The summed E-state index contributed by atoms with van der Waals surface area (Å²) >= 11 is 0. The summed E-state index contributed by atoms with van der Waals surface area (Å²) in [5.41, 5.74) is 0. The number of nitrogens with zero attached hydrogens (tertiary/aromatic N) is 1. The van der Waals surface area contributed by atoms with Gasteiger partial charge < -0.3 is 10.1 Å². The predicted octanol–water partition coefficient (Wildman–Crippen LogP) is 2.54. The Morgan fingerprint density at radius 3 is 2.62 bits per heavy atom. The fourth-order valence-corrected chi connectivity index (χ4v) is 4.85. The lowest BCUT2D eigenvalue weighted by Gasteiger charge is -2.31. The summed E-state index contributed by atoms with van der Waals surface area (Å²) in [5.74, 6) is -0.746. The Morgan fingerprint density at radius 2 is 2.04 bits per heavy atom. The molecule has 1 fully saturated rings. The lowest BCUT2D eigenvalue weighted by atomic mass is 9.96. The zero-order valence-electron chi connectivity index (χ0n) is 15.5. The highest BCUT2D eigenvalue weighted by Crippen LogP contribution is 2.30. The standard InChI is InChI=1S/C18H27FN2O4S/c1-4-5-13(2)20-18(22)14-8-10-21(11-9-14)26(23,24)17-12-15(19)6-7-16(17)25-3/h6-7,12-14H,4-5,8-11H2,1-3H3,(H,20,22)/t13-/m1/s1. The number of ether oxygens (including phenoxy) is 1. The van der Waals surface area contributed by atoms with Crippen LogP contribution in [0.3, 0.4) is 0 Å². The number of rotatable bonds is 7. The van der Waals surface area contributed by atoms with Crippen LogP contribution in [-0.4, -0.2) is 44.9 Å². The minimum absolute atomic E-state index is 0.0219. The quantitative estimate of drug-likeness (QED) is 0.781. The van der Waals surface area contributed by atoms with Gasteiger partial charge in [-0.1, -0.05) is 13.3 Å². The van der Waals surface area contributed by atoms with Crippen molar-refractivity contribution in [3.05, 3.63) is 24.0 Å². The van der Waals surface area contributed by atoms with Gasteiger partial charge in [0, 0.05) is 25.0 Å². The molecule has 1 amide bonds. The van der Waals surface area contributed by atoms with Crippen molar-refractivity contribution in [2.75, 3.05) is 20.2 Å². The van der Waals surface area contributed by atoms with E-state index in [0.717, 1.165) is 25.0 Å². The molecule has 1 N–H and O–H groups in total. The van der Waals surface area contributed by atoms with E-state index < -0.39 is 15.8 Å². The van der Waals surface area contributed by atoms with E-state index in [1.165, 1.54) is 17.5 Å². The summed E-state index contributed by atoms with van der Waals surface area (Å²) in [5, 5.41) is 2.98.